The highest BCUT2D eigenvalue weighted by Crippen LogP contribution is 2.37. The molecule has 2 rings (SSSR count). The van der Waals surface area contributed by atoms with Crippen LogP contribution in [-0.4, -0.2) is 16.9 Å². The summed E-state index contributed by atoms with van der Waals surface area (Å²) in [5.74, 6) is -1.91. The monoisotopic (exact) mass is 210 g/mol. The van der Waals surface area contributed by atoms with Crippen LogP contribution >= 0.6 is 11.6 Å². The first-order valence-corrected chi connectivity index (χ1v) is 4.53. The number of fused-ring (bicyclic) bond motifs is 1. The van der Waals surface area contributed by atoms with E-state index in [1.165, 1.54) is 0 Å². The Hall–Kier alpha value is -1.35. The normalized spacial score (nSPS) is 19.5. The second-order valence-electron chi connectivity index (χ2n) is 3.22. The molecule has 0 aliphatic heterocycles. The Labute approximate surface area is 85.3 Å². The fourth-order valence-electron chi connectivity index (χ4n) is 1.74. The first-order valence-electron chi connectivity index (χ1n) is 4.15. The lowest BCUT2D eigenvalue weighted by Gasteiger charge is -2.05. The number of hydrogen-bond acceptors (Lipinski definition) is 2. The minimum atomic E-state index is -0.995. The van der Waals surface area contributed by atoms with Crippen LogP contribution in [0.3, 0.4) is 0 Å². The van der Waals surface area contributed by atoms with Crippen LogP contribution in [0.1, 0.15) is 28.3 Å². The van der Waals surface area contributed by atoms with Crippen LogP contribution in [0.25, 0.3) is 0 Å². The zero-order valence-electron chi connectivity index (χ0n) is 7.16. The molecular weight excluding hydrogens is 204 g/mol. The smallest absolute Gasteiger partial charge is 0.311 e. The molecule has 1 atom stereocenters. The van der Waals surface area contributed by atoms with Gasteiger partial charge in [-0.2, -0.15) is 0 Å². The van der Waals surface area contributed by atoms with Crippen LogP contribution in [0.5, 0.6) is 0 Å². The zero-order valence-corrected chi connectivity index (χ0v) is 7.91. The summed E-state index contributed by atoms with van der Waals surface area (Å²) in [6.07, 6.45) is 0.0222. The summed E-state index contributed by atoms with van der Waals surface area (Å²) >= 11 is 5.86. The molecule has 0 saturated carbocycles. The standard InChI is InChI=1S/C10H7ClO3/c11-7-3-1-2-5-8(12)4-6(9(5)7)10(13)14/h1-3,6H,4H2,(H,13,14)/t6-/m1/s1. The highest BCUT2D eigenvalue weighted by Gasteiger charge is 2.35. The van der Waals surface area contributed by atoms with Crippen molar-refractivity contribution in [3.8, 4) is 0 Å². The van der Waals surface area contributed by atoms with Gasteiger partial charge in [0.2, 0.25) is 0 Å². The molecule has 0 bridgehead atoms. The molecule has 0 heterocycles. The van der Waals surface area contributed by atoms with Crippen LogP contribution in [0, 0.1) is 0 Å². The van der Waals surface area contributed by atoms with E-state index >= 15 is 0 Å². The average Bonchev–Trinajstić information content (AvgIpc) is 2.46. The van der Waals surface area contributed by atoms with Crippen molar-refractivity contribution in [1.82, 2.24) is 0 Å². The quantitative estimate of drug-likeness (QED) is 0.772. The van der Waals surface area contributed by atoms with Crippen LogP contribution in [-0.2, 0) is 4.79 Å². The van der Waals surface area contributed by atoms with Gasteiger partial charge in [-0.1, -0.05) is 23.7 Å². The summed E-state index contributed by atoms with van der Waals surface area (Å²) in [5, 5.41) is 9.25. The topological polar surface area (TPSA) is 54.4 Å². The van der Waals surface area contributed by atoms with E-state index in [9.17, 15) is 9.59 Å². The van der Waals surface area contributed by atoms with Crippen molar-refractivity contribution in [2.75, 3.05) is 0 Å². The molecule has 72 valence electrons. The van der Waals surface area contributed by atoms with E-state index in [4.69, 9.17) is 16.7 Å². The van der Waals surface area contributed by atoms with Crippen molar-refractivity contribution < 1.29 is 14.7 Å². The van der Waals surface area contributed by atoms with Crippen molar-refractivity contribution >= 4 is 23.4 Å². The van der Waals surface area contributed by atoms with E-state index in [0.29, 0.717) is 16.1 Å². The maximum absolute atomic E-state index is 11.4. The van der Waals surface area contributed by atoms with Crippen LogP contribution < -0.4 is 0 Å². The van der Waals surface area contributed by atoms with Gasteiger partial charge in [0.05, 0.1) is 5.92 Å². The Kier molecular flexibility index (Phi) is 2.04. The molecule has 3 nitrogen and oxygen atoms in total. The molecule has 0 spiro atoms. The summed E-state index contributed by atoms with van der Waals surface area (Å²) in [6.45, 7) is 0. The van der Waals surface area contributed by atoms with Gasteiger partial charge in [0.15, 0.2) is 5.78 Å². The molecule has 0 unspecified atom stereocenters. The molecule has 1 aliphatic carbocycles. The summed E-state index contributed by atoms with van der Waals surface area (Å²) in [5.41, 5.74) is 0.913. The third-order valence-electron chi connectivity index (χ3n) is 2.39. The third-order valence-corrected chi connectivity index (χ3v) is 2.72. The molecule has 1 aromatic rings. The second-order valence-corrected chi connectivity index (χ2v) is 3.63. The fraction of sp³-hybridized carbons (Fsp3) is 0.200. The highest BCUT2D eigenvalue weighted by atomic mass is 35.5. The van der Waals surface area contributed by atoms with Gasteiger partial charge in [0, 0.05) is 17.0 Å². The maximum Gasteiger partial charge on any atom is 0.311 e. The van der Waals surface area contributed by atoms with Gasteiger partial charge in [-0.3, -0.25) is 9.59 Å². The van der Waals surface area contributed by atoms with Gasteiger partial charge >= 0.3 is 5.97 Å². The molecule has 0 radical (unpaired) electrons. The largest absolute Gasteiger partial charge is 0.481 e. The van der Waals surface area contributed by atoms with Crippen LogP contribution in [0.2, 0.25) is 5.02 Å². The van der Waals surface area contributed by atoms with Crippen LogP contribution in [0.15, 0.2) is 18.2 Å². The summed E-state index contributed by atoms with van der Waals surface area (Å²) in [4.78, 5) is 22.3. The Balaban J connectivity index is 2.62. The highest BCUT2D eigenvalue weighted by molar-refractivity contribution is 6.32. The predicted molar refractivity (Wildman–Crippen MR) is 50.8 cm³/mol. The summed E-state index contributed by atoms with van der Waals surface area (Å²) in [6, 6.07) is 4.88. The number of halogens is 1. The van der Waals surface area contributed by atoms with E-state index in [1.54, 1.807) is 18.2 Å². The van der Waals surface area contributed by atoms with Crippen LogP contribution in [0.4, 0.5) is 0 Å². The lowest BCUT2D eigenvalue weighted by molar-refractivity contribution is -0.138. The molecule has 1 aromatic carbocycles. The predicted octanol–water partition coefficient (Wildman–Crippen LogP) is 2.09. The number of carboxylic acid groups (broad SMARTS) is 1. The van der Waals surface area contributed by atoms with Gasteiger partial charge in [-0.05, 0) is 11.6 Å². The number of carboxylic acids is 1. The van der Waals surface area contributed by atoms with Gasteiger partial charge < -0.3 is 5.11 Å². The van der Waals surface area contributed by atoms with E-state index in [2.05, 4.69) is 0 Å². The molecule has 0 aromatic heterocycles. The number of ketones is 1. The average molecular weight is 211 g/mol. The molecule has 0 saturated heterocycles. The Morgan fingerprint density at radius 2 is 2.21 bits per heavy atom. The van der Waals surface area contributed by atoms with Gasteiger partial charge in [0.25, 0.3) is 0 Å². The van der Waals surface area contributed by atoms with E-state index < -0.39 is 11.9 Å². The van der Waals surface area contributed by atoms with Crippen molar-refractivity contribution in [2.45, 2.75) is 12.3 Å². The van der Waals surface area contributed by atoms with Gasteiger partial charge in [0.1, 0.15) is 0 Å². The van der Waals surface area contributed by atoms with Gasteiger partial charge in [-0.15, -0.1) is 0 Å². The number of hydrogen-bond donors (Lipinski definition) is 1. The van der Waals surface area contributed by atoms with E-state index in [0.717, 1.165) is 0 Å². The SMILES string of the molecule is O=C1C[C@@H](C(=O)O)c2c(Cl)cccc21. The minimum Gasteiger partial charge on any atom is -0.481 e. The Morgan fingerprint density at radius 1 is 1.50 bits per heavy atom. The minimum absolute atomic E-state index is 0.0222. The fourth-order valence-corrected chi connectivity index (χ4v) is 2.05. The summed E-state index contributed by atoms with van der Waals surface area (Å²) < 4.78 is 0. The van der Waals surface area contributed by atoms with Crippen molar-refractivity contribution in [1.29, 1.82) is 0 Å². The van der Waals surface area contributed by atoms with E-state index in [-0.39, 0.29) is 12.2 Å². The van der Waals surface area contributed by atoms with Crippen molar-refractivity contribution in [3.63, 3.8) is 0 Å². The molecular formula is C10H7ClO3. The Bertz CT molecular complexity index is 425. The first kappa shape index (κ1) is 9.21. The zero-order chi connectivity index (χ0) is 10.3. The molecule has 4 heteroatoms. The third kappa shape index (κ3) is 1.21. The Morgan fingerprint density at radius 3 is 2.86 bits per heavy atom. The molecule has 1 N–H and O–H groups in total. The lowest BCUT2D eigenvalue weighted by atomic mass is 10.0. The van der Waals surface area contributed by atoms with Crippen molar-refractivity contribution in [3.05, 3.63) is 34.3 Å². The number of aliphatic carboxylic acids is 1. The number of Topliss-reactive ketones (excluding diaryl/α,β-unsaturated/α-hetero) is 1. The molecule has 14 heavy (non-hydrogen) atoms. The number of benzene rings is 1. The van der Waals surface area contributed by atoms with Gasteiger partial charge in [-0.25, -0.2) is 0 Å². The lowest BCUT2D eigenvalue weighted by Crippen LogP contribution is -2.08. The maximum atomic E-state index is 11.4. The first-order chi connectivity index (χ1) is 6.61. The molecule has 1 aliphatic rings. The van der Waals surface area contributed by atoms with E-state index in [1.807, 2.05) is 0 Å². The number of carbonyl (C=O) groups excluding carboxylic acids is 1. The van der Waals surface area contributed by atoms with Crippen molar-refractivity contribution in [2.24, 2.45) is 0 Å². The second kappa shape index (κ2) is 3.10. The number of carbonyl (C=O) groups is 2. The number of rotatable bonds is 1. The molecule has 0 fully saturated rings. The summed E-state index contributed by atoms with van der Waals surface area (Å²) in [7, 11) is 0. The molecule has 0 amide bonds.